The highest BCUT2D eigenvalue weighted by Crippen LogP contribution is 2.23. The third-order valence-electron chi connectivity index (χ3n) is 4.58. The van der Waals surface area contributed by atoms with Crippen LogP contribution in [0.2, 0.25) is 0 Å². The van der Waals surface area contributed by atoms with Gasteiger partial charge in [0.25, 0.3) is 0 Å². The summed E-state index contributed by atoms with van der Waals surface area (Å²) in [7, 11) is 1.81. The van der Waals surface area contributed by atoms with Crippen molar-refractivity contribution in [3.05, 3.63) is 46.2 Å². The molecule has 1 aliphatic rings. The molecule has 0 bridgehead atoms. The monoisotopic (exact) mass is 355 g/mol. The first-order valence-electron chi connectivity index (χ1n) is 8.59. The van der Waals surface area contributed by atoms with Crippen molar-refractivity contribution in [2.24, 2.45) is 0 Å². The van der Waals surface area contributed by atoms with Crippen molar-refractivity contribution in [2.75, 3.05) is 13.6 Å². The Morgan fingerprint density at radius 3 is 3.12 bits per heavy atom. The van der Waals surface area contributed by atoms with Crippen molar-refractivity contribution in [1.29, 1.82) is 0 Å². The number of fused-ring (bicyclic) bond motifs is 2. The second kappa shape index (κ2) is 6.84. The van der Waals surface area contributed by atoms with Crippen LogP contribution in [0.1, 0.15) is 28.4 Å². The first kappa shape index (κ1) is 16.1. The summed E-state index contributed by atoms with van der Waals surface area (Å²) < 4.78 is 1.19. The number of rotatable bonds is 5. The van der Waals surface area contributed by atoms with Gasteiger partial charge in [0.2, 0.25) is 0 Å². The number of aromatic nitrogens is 3. The second-order valence-corrected chi connectivity index (χ2v) is 7.51. The number of hydrogen-bond donors (Lipinski definition) is 2. The molecule has 0 fully saturated rings. The highest BCUT2D eigenvalue weighted by atomic mass is 32.1. The number of aromatic amines is 1. The second-order valence-electron chi connectivity index (χ2n) is 6.39. The highest BCUT2D eigenvalue weighted by Gasteiger charge is 2.20. The molecule has 2 N–H and O–H groups in total. The maximum Gasteiger partial charge on any atom is 0.317 e. The SMILES string of the molecule is CN(Cc1n[nH]c2c1CCC2)C(=O)NCCc1nc2ccccc2s1. The van der Waals surface area contributed by atoms with Crippen LogP contribution in [0.3, 0.4) is 0 Å². The first-order valence-corrected chi connectivity index (χ1v) is 9.41. The lowest BCUT2D eigenvalue weighted by atomic mass is 10.2. The molecule has 25 heavy (non-hydrogen) atoms. The molecule has 1 aromatic carbocycles. The zero-order valence-corrected chi connectivity index (χ0v) is 15.0. The van der Waals surface area contributed by atoms with Crippen molar-refractivity contribution in [1.82, 2.24) is 25.4 Å². The number of nitrogens with zero attached hydrogens (tertiary/aromatic N) is 3. The maximum absolute atomic E-state index is 12.3. The minimum absolute atomic E-state index is 0.0733. The highest BCUT2D eigenvalue weighted by molar-refractivity contribution is 7.18. The molecule has 0 radical (unpaired) electrons. The Balaban J connectivity index is 1.29. The molecule has 0 aliphatic heterocycles. The Labute approximate surface area is 150 Å². The third-order valence-corrected chi connectivity index (χ3v) is 5.68. The van der Waals surface area contributed by atoms with Gasteiger partial charge in [0.1, 0.15) is 0 Å². The van der Waals surface area contributed by atoms with Gasteiger partial charge in [-0.3, -0.25) is 5.10 Å². The van der Waals surface area contributed by atoms with Crippen LogP contribution >= 0.6 is 11.3 Å². The van der Waals surface area contributed by atoms with Gasteiger partial charge < -0.3 is 10.2 Å². The number of aryl methyl sites for hydroxylation is 1. The molecule has 7 heteroatoms. The number of carbonyl (C=O) groups is 1. The standard InChI is InChI=1S/C18H21N5OS/c1-23(11-15-12-5-4-7-13(12)21-22-15)18(24)19-10-9-17-20-14-6-2-3-8-16(14)25-17/h2-3,6,8H,4-5,7,9-11H2,1H3,(H,19,24)(H,21,22). The Kier molecular flexibility index (Phi) is 4.40. The van der Waals surface area contributed by atoms with Crippen LogP contribution in [0.15, 0.2) is 24.3 Å². The first-order chi connectivity index (χ1) is 12.2. The molecule has 6 nitrogen and oxygen atoms in total. The lowest BCUT2D eigenvalue weighted by Crippen LogP contribution is -2.38. The third kappa shape index (κ3) is 3.37. The van der Waals surface area contributed by atoms with Gasteiger partial charge in [-0.25, -0.2) is 9.78 Å². The van der Waals surface area contributed by atoms with E-state index in [-0.39, 0.29) is 6.03 Å². The van der Waals surface area contributed by atoms with Crippen LogP contribution in [0, 0.1) is 0 Å². The topological polar surface area (TPSA) is 73.9 Å². The minimum Gasteiger partial charge on any atom is -0.338 e. The molecular formula is C18H21N5OS. The molecule has 130 valence electrons. The van der Waals surface area contributed by atoms with Crippen LogP contribution in [0.4, 0.5) is 4.79 Å². The summed E-state index contributed by atoms with van der Waals surface area (Å²) in [5.74, 6) is 0. The smallest absolute Gasteiger partial charge is 0.317 e. The molecule has 0 spiro atoms. The van der Waals surface area contributed by atoms with Crippen LogP contribution in [-0.4, -0.2) is 39.7 Å². The molecule has 0 atom stereocenters. The van der Waals surface area contributed by atoms with Crippen molar-refractivity contribution in [3.8, 4) is 0 Å². The van der Waals surface area contributed by atoms with Gasteiger partial charge in [0.15, 0.2) is 0 Å². The summed E-state index contributed by atoms with van der Waals surface area (Å²) in [6.45, 7) is 1.13. The normalized spacial score (nSPS) is 13.2. The lowest BCUT2D eigenvalue weighted by Gasteiger charge is -2.17. The summed E-state index contributed by atoms with van der Waals surface area (Å²) in [6, 6.07) is 8.03. The summed E-state index contributed by atoms with van der Waals surface area (Å²) in [4.78, 5) is 18.6. The fraction of sp³-hybridized carbons (Fsp3) is 0.389. The Morgan fingerprint density at radius 2 is 2.24 bits per heavy atom. The molecule has 0 saturated carbocycles. The van der Waals surface area contributed by atoms with Crippen LogP contribution in [-0.2, 0) is 25.8 Å². The molecule has 2 heterocycles. The van der Waals surface area contributed by atoms with E-state index >= 15 is 0 Å². The van der Waals surface area contributed by atoms with E-state index in [1.807, 2.05) is 25.2 Å². The van der Waals surface area contributed by atoms with Gasteiger partial charge in [-0.15, -0.1) is 11.3 Å². The number of para-hydroxylation sites is 1. The predicted molar refractivity (Wildman–Crippen MR) is 98.8 cm³/mol. The molecule has 2 amide bonds. The van der Waals surface area contributed by atoms with Crippen molar-refractivity contribution >= 4 is 27.6 Å². The van der Waals surface area contributed by atoms with Gasteiger partial charge in [-0.05, 0) is 37.0 Å². The molecule has 1 aliphatic carbocycles. The number of thiazole rings is 1. The molecule has 0 saturated heterocycles. The number of urea groups is 1. The number of carbonyl (C=O) groups excluding carboxylic acids is 1. The van der Waals surface area contributed by atoms with Crippen molar-refractivity contribution in [3.63, 3.8) is 0 Å². The fourth-order valence-corrected chi connectivity index (χ4v) is 4.22. The van der Waals surface area contributed by atoms with Crippen LogP contribution in [0.25, 0.3) is 10.2 Å². The predicted octanol–water partition coefficient (Wildman–Crippen LogP) is 2.89. The van der Waals surface area contributed by atoms with Gasteiger partial charge in [0, 0.05) is 25.7 Å². The van der Waals surface area contributed by atoms with E-state index in [2.05, 4.69) is 26.6 Å². The van der Waals surface area contributed by atoms with Gasteiger partial charge >= 0.3 is 6.03 Å². The lowest BCUT2D eigenvalue weighted by molar-refractivity contribution is 0.206. The number of amides is 2. The van der Waals surface area contributed by atoms with Gasteiger partial charge in [-0.2, -0.15) is 5.10 Å². The zero-order chi connectivity index (χ0) is 17.2. The molecular weight excluding hydrogens is 334 g/mol. The summed E-state index contributed by atoms with van der Waals surface area (Å²) in [5, 5.41) is 11.5. The Morgan fingerprint density at radius 1 is 1.36 bits per heavy atom. The number of hydrogen-bond acceptors (Lipinski definition) is 4. The van der Waals surface area contributed by atoms with Crippen LogP contribution < -0.4 is 5.32 Å². The van der Waals surface area contributed by atoms with Crippen molar-refractivity contribution in [2.45, 2.75) is 32.2 Å². The van der Waals surface area contributed by atoms with E-state index in [9.17, 15) is 4.79 Å². The number of nitrogens with one attached hydrogen (secondary N) is 2. The van der Waals surface area contributed by atoms with E-state index in [4.69, 9.17) is 0 Å². The Bertz CT molecular complexity index is 867. The molecule has 3 aromatic rings. The van der Waals surface area contributed by atoms with E-state index < -0.39 is 0 Å². The van der Waals surface area contributed by atoms with Gasteiger partial charge in [-0.1, -0.05) is 12.1 Å². The quantitative estimate of drug-likeness (QED) is 0.739. The molecule has 0 unspecified atom stereocenters. The largest absolute Gasteiger partial charge is 0.338 e. The average Bonchev–Trinajstić information content (AvgIpc) is 3.30. The van der Waals surface area contributed by atoms with Crippen LogP contribution in [0.5, 0.6) is 0 Å². The maximum atomic E-state index is 12.3. The summed E-state index contributed by atoms with van der Waals surface area (Å²) in [6.07, 6.45) is 4.06. The summed E-state index contributed by atoms with van der Waals surface area (Å²) in [5.41, 5.74) is 4.56. The van der Waals surface area contributed by atoms with E-state index in [0.717, 1.165) is 35.5 Å². The van der Waals surface area contributed by atoms with E-state index in [0.29, 0.717) is 13.1 Å². The van der Waals surface area contributed by atoms with Gasteiger partial charge in [0.05, 0.1) is 27.5 Å². The van der Waals surface area contributed by atoms with E-state index in [1.165, 1.54) is 22.4 Å². The van der Waals surface area contributed by atoms with E-state index in [1.54, 1.807) is 16.2 Å². The molecule has 4 rings (SSSR count). The molecule has 2 aromatic heterocycles. The number of benzene rings is 1. The fourth-order valence-electron chi connectivity index (χ4n) is 3.25. The average molecular weight is 355 g/mol. The summed E-state index contributed by atoms with van der Waals surface area (Å²) >= 11 is 1.68. The Hall–Kier alpha value is -2.41. The minimum atomic E-state index is -0.0733. The number of H-pyrrole nitrogens is 1. The van der Waals surface area contributed by atoms with Crippen molar-refractivity contribution < 1.29 is 4.79 Å². The zero-order valence-electron chi connectivity index (χ0n) is 14.2.